The maximum Gasteiger partial charge on any atom is 0.322 e. The number of halogens is 1. The second-order valence-corrected chi connectivity index (χ2v) is 6.96. The minimum atomic E-state index is -0.273. The molecule has 27 heavy (non-hydrogen) atoms. The number of urea groups is 1. The smallest absolute Gasteiger partial charge is 0.317 e. The van der Waals surface area contributed by atoms with Gasteiger partial charge in [-0.2, -0.15) is 0 Å². The normalized spacial score (nSPS) is 17.7. The second-order valence-electron chi connectivity index (χ2n) is 6.96. The molecule has 140 valence electrons. The fourth-order valence-electron chi connectivity index (χ4n) is 3.73. The van der Waals surface area contributed by atoms with Crippen molar-refractivity contribution >= 4 is 22.8 Å². The van der Waals surface area contributed by atoms with Crippen LogP contribution in [0.5, 0.6) is 0 Å². The summed E-state index contributed by atoms with van der Waals surface area (Å²) in [4.78, 5) is 14.8. The maximum absolute atomic E-state index is 13.7. The van der Waals surface area contributed by atoms with Gasteiger partial charge in [0.05, 0.1) is 11.6 Å². The Kier molecular flexibility index (Phi) is 4.75. The SMILES string of the molecule is Cn1nnc2cc(NC(=O)N3CCCCCC3c3cccc(F)c3)ccc21. The predicted octanol–water partition coefficient (Wildman–Crippen LogP) is 4.26. The second kappa shape index (κ2) is 7.34. The topological polar surface area (TPSA) is 63.1 Å². The zero-order chi connectivity index (χ0) is 18.8. The van der Waals surface area contributed by atoms with Gasteiger partial charge in [-0.1, -0.05) is 30.2 Å². The molecular weight excluding hydrogens is 345 g/mol. The molecule has 1 aromatic heterocycles. The van der Waals surface area contributed by atoms with Crippen LogP contribution in [0.25, 0.3) is 11.0 Å². The summed E-state index contributed by atoms with van der Waals surface area (Å²) in [6.07, 6.45) is 3.88. The first kappa shape index (κ1) is 17.5. The highest BCUT2D eigenvalue weighted by Gasteiger charge is 2.27. The van der Waals surface area contributed by atoms with Crippen molar-refractivity contribution in [1.29, 1.82) is 0 Å². The van der Waals surface area contributed by atoms with Gasteiger partial charge in [-0.25, -0.2) is 13.9 Å². The van der Waals surface area contributed by atoms with Gasteiger partial charge in [0.1, 0.15) is 11.3 Å². The molecule has 2 aromatic carbocycles. The number of anilines is 1. The van der Waals surface area contributed by atoms with E-state index in [0.29, 0.717) is 12.2 Å². The lowest BCUT2D eigenvalue weighted by Crippen LogP contribution is -2.38. The molecule has 1 aliphatic heterocycles. The van der Waals surface area contributed by atoms with Crippen LogP contribution >= 0.6 is 0 Å². The van der Waals surface area contributed by atoms with E-state index in [1.807, 2.05) is 36.2 Å². The molecule has 4 rings (SSSR count). The lowest BCUT2D eigenvalue weighted by Gasteiger charge is -2.30. The van der Waals surface area contributed by atoms with E-state index >= 15 is 0 Å². The Bertz CT molecular complexity index is 970. The molecule has 2 heterocycles. The molecule has 0 bridgehead atoms. The fraction of sp³-hybridized carbons (Fsp3) is 0.350. The molecule has 0 aliphatic carbocycles. The van der Waals surface area contributed by atoms with E-state index in [1.165, 1.54) is 12.1 Å². The van der Waals surface area contributed by atoms with Gasteiger partial charge >= 0.3 is 6.03 Å². The maximum atomic E-state index is 13.7. The van der Waals surface area contributed by atoms with E-state index in [1.54, 1.807) is 10.7 Å². The average molecular weight is 367 g/mol. The van der Waals surface area contributed by atoms with E-state index in [-0.39, 0.29) is 17.9 Å². The number of benzene rings is 2. The van der Waals surface area contributed by atoms with E-state index in [4.69, 9.17) is 0 Å². The molecule has 1 unspecified atom stereocenters. The van der Waals surface area contributed by atoms with Crippen LogP contribution in [0.15, 0.2) is 42.5 Å². The van der Waals surface area contributed by atoms with E-state index in [9.17, 15) is 9.18 Å². The zero-order valence-corrected chi connectivity index (χ0v) is 15.2. The Morgan fingerprint density at radius 1 is 1.19 bits per heavy atom. The highest BCUT2D eigenvalue weighted by atomic mass is 19.1. The monoisotopic (exact) mass is 367 g/mol. The number of aromatic nitrogens is 3. The van der Waals surface area contributed by atoms with E-state index in [2.05, 4.69) is 15.6 Å². The molecule has 7 heteroatoms. The molecule has 1 fully saturated rings. The van der Waals surface area contributed by atoms with Crippen molar-refractivity contribution in [2.75, 3.05) is 11.9 Å². The first-order chi connectivity index (χ1) is 13.1. The molecule has 1 aliphatic rings. The molecule has 0 spiro atoms. The van der Waals surface area contributed by atoms with Crippen molar-refractivity contribution < 1.29 is 9.18 Å². The third kappa shape index (κ3) is 3.63. The lowest BCUT2D eigenvalue weighted by molar-refractivity contribution is 0.189. The highest BCUT2D eigenvalue weighted by Crippen LogP contribution is 2.31. The molecule has 2 amide bonds. The van der Waals surface area contributed by atoms with Gasteiger partial charge in [0.25, 0.3) is 0 Å². The van der Waals surface area contributed by atoms with Crippen LogP contribution in [0.4, 0.5) is 14.9 Å². The summed E-state index contributed by atoms with van der Waals surface area (Å²) in [6, 6.07) is 11.8. The number of amides is 2. The Hall–Kier alpha value is -2.96. The summed E-state index contributed by atoms with van der Waals surface area (Å²) in [5.41, 5.74) is 3.15. The number of nitrogens with one attached hydrogen (secondary N) is 1. The van der Waals surface area contributed by atoms with Crippen LogP contribution < -0.4 is 5.32 Å². The van der Waals surface area contributed by atoms with Crippen molar-refractivity contribution in [2.45, 2.75) is 31.7 Å². The molecule has 1 N–H and O–H groups in total. The largest absolute Gasteiger partial charge is 0.322 e. The minimum absolute atomic E-state index is 0.122. The van der Waals surface area contributed by atoms with Crippen LogP contribution in [0.1, 0.15) is 37.3 Å². The van der Waals surface area contributed by atoms with Crippen LogP contribution in [0.2, 0.25) is 0 Å². The summed E-state index contributed by atoms with van der Waals surface area (Å²) in [7, 11) is 1.83. The Balaban J connectivity index is 1.58. The molecule has 1 atom stereocenters. The predicted molar refractivity (Wildman–Crippen MR) is 102 cm³/mol. The first-order valence-corrected chi connectivity index (χ1v) is 9.24. The van der Waals surface area contributed by atoms with Gasteiger partial charge in [-0.05, 0) is 48.7 Å². The number of aryl methyl sites for hydroxylation is 1. The number of carbonyl (C=O) groups is 1. The van der Waals surface area contributed by atoms with Crippen LogP contribution in [0, 0.1) is 5.82 Å². The minimum Gasteiger partial charge on any atom is -0.317 e. The fourth-order valence-corrected chi connectivity index (χ4v) is 3.73. The number of nitrogens with zero attached hydrogens (tertiary/aromatic N) is 4. The van der Waals surface area contributed by atoms with Crippen molar-refractivity contribution in [1.82, 2.24) is 19.9 Å². The standard InChI is InChI=1S/C20H22FN5O/c1-25-19-10-9-16(13-17(19)23-24-25)22-20(27)26-11-4-2-3-8-18(26)14-6-5-7-15(21)12-14/h5-7,9-10,12-13,18H,2-4,8,11H2,1H3,(H,22,27). The molecular formula is C20H22FN5O. The number of hydrogen-bond acceptors (Lipinski definition) is 3. The quantitative estimate of drug-likeness (QED) is 0.736. The summed E-state index contributed by atoms with van der Waals surface area (Å²) in [5.74, 6) is -0.273. The van der Waals surface area contributed by atoms with Crippen molar-refractivity contribution in [3.63, 3.8) is 0 Å². The number of fused-ring (bicyclic) bond motifs is 1. The van der Waals surface area contributed by atoms with Crippen molar-refractivity contribution in [3.8, 4) is 0 Å². The third-order valence-corrected chi connectivity index (χ3v) is 5.11. The van der Waals surface area contributed by atoms with Gasteiger partial charge in [0, 0.05) is 19.3 Å². The van der Waals surface area contributed by atoms with Crippen LogP contribution in [-0.4, -0.2) is 32.5 Å². The van der Waals surface area contributed by atoms with Crippen molar-refractivity contribution in [2.24, 2.45) is 7.05 Å². The Morgan fingerprint density at radius 2 is 2.07 bits per heavy atom. The van der Waals surface area contributed by atoms with Gasteiger partial charge in [0.2, 0.25) is 0 Å². The Morgan fingerprint density at radius 3 is 2.93 bits per heavy atom. The number of carbonyl (C=O) groups excluding carboxylic acids is 1. The molecule has 3 aromatic rings. The summed E-state index contributed by atoms with van der Waals surface area (Å²) >= 11 is 0. The summed E-state index contributed by atoms with van der Waals surface area (Å²) < 4.78 is 15.4. The third-order valence-electron chi connectivity index (χ3n) is 5.11. The summed E-state index contributed by atoms with van der Waals surface area (Å²) in [5, 5.41) is 11.0. The van der Waals surface area contributed by atoms with Crippen LogP contribution in [0.3, 0.4) is 0 Å². The molecule has 6 nitrogen and oxygen atoms in total. The number of likely N-dealkylation sites (tertiary alicyclic amines) is 1. The first-order valence-electron chi connectivity index (χ1n) is 9.24. The van der Waals surface area contributed by atoms with E-state index in [0.717, 1.165) is 42.3 Å². The Labute approximate surface area is 157 Å². The molecule has 0 radical (unpaired) electrons. The number of rotatable bonds is 2. The van der Waals surface area contributed by atoms with E-state index < -0.39 is 0 Å². The molecule has 0 saturated carbocycles. The molecule has 1 saturated heterocycles. The lowest BCUT2D eigenvalue weighted by atomic mass is 10.0. The zero-order valence-electron chi connectivity index (χ0n) is 15.2. The van der Waals surface area contributed by atoms with Crippen molar-refractivity contribution in [3.05, 3.63) is 53.8 Å². The summed E-state index contributed by atoms with van der Waals surface area (Å²) in [6.45, 7) is 0.653. The van der Waals surface area contributed by atoms with Crippen LogP contribution in [-0.2, 0) is 7.05 Å². The van der Waals surface area contributed by atoms with Gasteiger partial charge < -0.3 is 10.2 Å². The average Bonchev–Trinajstić information content (AvgIpc) is 2.88. The van der Waals surface area contributed by atoms with Gasteiger partial charge in [0.15, 0.2) is 0 Å². The van der Waals surface area contributed by atoms with Gasteiger partial charge in [-0.3, -0.25) is 0 Å². The highest BCUT2D eigenvalue weighted by molar-refractivity contribution is 5.92. The van der Waals surface area contributed by atoms with Gasteiger partial charge in [-0.15, -0.1) is 5.10 Å². The number of hydrogen-bond donors (Lipinski definition) is 1.